The first-order valence-corrected chi connectivity index (χ1v) is 7.05. The lowest BCUT2D eigenvalue weighted by Crippen LogP contribution is -2.25. The molecule has 0 spiro atoms. The van der Waals surface area contributed by atoms with Gasteiger partial charge in [0.1, 0.15) is 12.1 Å². The van der Waals surface area contributed by atoms with Gasteiger partial charge in [-0.15, -0.1) is 0 Å². The highest BCUT2D eigenvalue weighted by atomic mass is 16.6. The van der Waals surface area contributed by atoms with E-state index in [0.29, 0.717) is 17.9 Å². The Bertz CT molecular complexity index is 491. The average Bonchev–Trinajstić information content (AvgIpc) is 2.41. The molecule has 0 bridgehead atoms. The topological polar surface area (TPSA) is 64.6 Å². The molecule has 0 unspecified atom stereocenters. The summed E-state index contributed by atoms with van der Waals surface area (Å²) in [6.45, 7) is 7.77. The minimum Gasteiger partial charge on any atom is -0.464 e. The van der Waals surface area contributed by atoms with Crippen molar-refractivity contribution in [3.8, 4) is 0 Å². The lowest BCUT2D eigenvalue weighted by atomic mass is 10.1. The highest BCUT2D eigenvalue weighted by molar-refractivity contribution is 5.96. The van der Waals surface area contributed by atoms with Crippen LogP contribution < -0.4 is 5.32 Å². The average molecular weight is 293 g/mol. The molecular formula is C16H23NO4. The number of hydrogen-bond donors (Lipinski definition) is 1. The van der Waals surface area contributed by atoms with Gasteiger partial charge in [0, 0.05) is 5.69 Å². The van der Waals surface area contributed by atoms with E-state index in [1.165, 1.54) is 0 Å². The van der Waals surface area contributed by atoms with Crippen LogP contribution in [0, 0.1) is 0 Å². The quantitative estimate of drug-likeness (QED) is 0.817. The van der Waals surface area contributed by atoms with Gasteiger partial charge in [-0.1, -0.05) is 19.1 Å². The van der Waals surface area contributed by atoms with Crippen LogP contribution in [0.4, 0.5) is 5.69 Å². The van der Waals surface area contributed by atoms with Crippen molar-refractivity contribution in [2.24, 2.45) is 0 Å². The summed E-state index contributed by atoms with van der Waals surface area (Å²) >= 11 is 0. The molecule has 0 radical (unpaired) electrons. The van der Waals surface area contributed by atoms with Crippen LogP contribution in [0.2, 0.25) is 0 Å². The van der Waals surface area contributed by atoms with E-state index in [1.54, 1.807) is 24.3 Å². The molecule has 0 aliphatic heterocycles. The standard InChI is InChI=1S/C16H23NO4/c1-5-10-20-14(18)11-17-13-9-7-6-8-12(13)15(19)21-16(2,3)4/h6-9,17H,5,10-11H2,1-4H3. The fourth-order valence-electron chi connectivity index (χ4n) is 1.58. The number of carbonyl (C=O) groups excluding carboxylic acids is 2. The van der Waals surface area contributed by atoms with Crippen molar-refractivity contribution in [2.75, 3.05) is 18.5 Å². The Kier molecular flexibility index (Phi) is 6.21. The third kappa shape index (κ3) is 6.29. The van der Waals surface area contributed by atoms with Crippen molar-refractivity contribution in [3.05, 3.63) is 29.8 Å². The van der Waals surface area contributed by atoms with Gasteiger partial charge in [-0.05, 0) is 39.3 Å². The number of rotatable bonds is 6. The van der Waals surface area contributed by atoms with Crippen LogP contribution >= 0.6 is 0 Å². The Balaban J connectivity index is 2.71. The molecule has 0 atom stereocenters. The van der Waals surface area contributed by atoms with Gasteiger partial charge in [-0.2, -0.15) is 0 Å². The molecule has 21 heavy (non-hydrogen) atoms. The monoisotopic (exact) mass is 293 g/mol. The molecule has 116 valence electrons. The third-order valence-corrected chi connectivity index (χ3v) is 2.44. The number of carbonyl (C=O) groups is 2. The molecule has 0 aliphatic rings. The zero-order chi connectivity index (χ0) is 15.9. The van der Waals surface area contributed by atoms with Crippen LogP contribution in [0.3, 0.4) is 0 Å². The molecule has 0 saturated carbocycles. The van der Waals surface area contributed by atoms with Gasteiger partial charge >= 0.3 is 11.9 Å². The Hall–Kier alpha value is -2.04. The van der Waals surface area contributed by atoms with Gasteiger partial charge in [-0.3, -0.25) is 4.79 Å². The van der Waals surface area contributed by atoms with Crippen LogP contribution in [-0.4, -0.2) is 30.7 Å². The highest BCUT2D eigenvalue weighted by Crippen LogP contribution is 2.19. The van der Waals surface area contributed by atoms with E-state index in [1.807, 2.05) is 27.7 Å². The molecule has 5 nitrogen and oxygen atoms in total. The maximum absolute atomic E-state index is 12.1. The van der Waals surface area contributed by atoms with Gasteiger partial charge in [-0.25, -0.2) is 4.79 Å². The first kappa shape index (κ1) is 17.0. The number of esters is 2. The minimum atomic E-state index is -0.565. The Morgan fingerprint density at radius 3 is 2.48 bits per heavy atom. The van der Waals surface area contributed by atoms with Crippen molar-refractivity contribution in [2.45, 2.75) is 39.7 Å². The number of anilines is 1. The van der Waals surface area contributed by atoms with E-state index >= 15 is 0 Å². The van der Waals surface area contributed by atoms with Crippen LogP contribution in [-0.2, 0) is 14.3 Å². The number of para-hydroxylation sites is 1. The van der Waals surface area contributed by atoms with Crippen LogP contribution in [0.15, 0.2) is 24.3 Å². The fraction of sp³-hybridized carbons (Fsp3) is 0.500. The molecule has 0 amide bonds. The van der Waals surface area contributed by atoms with Gasteiger partial charge in [0.05, 0.1) is 12.2 Å². The fourth-order valence-corrected chi connectivity index (χ4v) is 1.58. The molecule has 0 aliphatic carbocycles. The molecule has 0 fully saturated rings. The normalized spacial score (nSPS) is 10.9. The SMILES string of the molecule is CCCOC(=O)CNc1ccccc1C(=O)OC(C)(C)C. The second-order valence-electron chi connectivity index (χ2n) is 5.62. The summed E-state index contributed by atoms with van der Waals surface area (Å²) in [6, 6.07) is 6.92. The van der Waals surface area contributed by atoms with Gasteiger partial charge in [0.2, 0.25) is 0 Å². The molecular weight excluding hydrogens is 270 g/mol. The molecule has 1 rings (SSSR count). The first-order chi connectivity index (χ1) is 9.83. The summed E-state index contributed by atoms with van der Waals surface area (Å²) < 4.78 is 10.3. The summed E-state index contributed by atoms with van der Waals surface area (Å²) in [6.07, 6.45) is 0.778. The summed E-state index contributed by atoms with van der Waals surface area (Å²) in [5.74, 6) is -0.775. The van der Waals surface area contributed by atoms with E-state index in [4.69, 9.17) is 9.47 Å². The molecule has 0 aromatic heterocycles. The van der Waals surface area contributed by atoms with Crippen LogP contribution in [0.1, 0.15) is 44.5 Å². The van der Waals surface area contributed by atoms with Gasteiger partial charge < -0.3 is 14.8 Å². The van der Waals surface area contributed by atoms with Gasteiger partial charge in [0.25, 0.3) is 0 Å². The molecule has 1 aromatic rings. The van der Waals surface area contributed by atoms with Crippen molar-refractivity contribution in [1.29, 1.82) is 0 Å². The lowest BCUT2D eigenvalue weighted by molar-refractivity contribution is -0.141. The maximum Gasteiger partial charge on any atom is 0.340 e. The Morgan fingerprint density at radius 1 is 1.19 bits per heavy atom. The molecule has 0 saturated heterocycles. The molecule has 0 heterocycles. The van der Waals surface area contributed by atoms with E-state index in [9.17, 15) is 9.59 Å². The zero-order valence-corrected chi connectivity index (χ0v) is 13.1. The Morgan fingerprint density at radius 2 is 1.86 bits per heavy atom. The predicted molar refractivity (Wildman–Crippen MR) is 81.4 cm³/mol. The Labute approximate surface area is 125 Å². The van der Waals surface area contributed by atoms with E-state index in [0.717, 1.165) is 6.42 Å². The summed E-state index contributed by atoms with van der Waals surface area (Å²) in [7, 11) is 0. The minimum absolute atomic E-state index is 0.0137. The zero-order valence-electron chi connectivity index (χ0n) is 13.1. The maximum atomic E-state index is 12.1. The first-order valence-electron chi connectivity index (χ1n) is 7.05. The predicted octanol–water partition coefficient (Wildman–Crippen LogP) is 3.01. The summed E-state index contributed by atoms with van der Waals surface area (Å²) in [5, 5.41) is 2.91. The van der Waals surface area contributed by atoms with Crippen molar-refractivity contribution in [3.63, 3.8) is 0 Å². The summed E-state index contributed by atoms with van der Waals surface area (Å²) in [4.78, 5) is 23.6. The number of nitrogens with one attached hydrogen (secondary N) is 1. The van der Waals surface area contributed by atoms with Crippen LogP contribution in [0.25, 0.3) is 0 Å². The lowest BCUT2D eigenvalue weighted by Gasteiger charge is -2.20. The largest absolute Gasteiger partial charge is 0.464 e. The third-order valence-electron chi connectivity index (χ3n) is 2.44. The van der Waals surface area contributed by atoms with Crippen LogP contribution in [0.5, 0.6) is 0 Å². The summed E-state index contributed by atoms with van der Waals surface area (Å²) in [5.41, 5.74) is 0.389. The number of hydrogen-bond acceptors (Lipinski definition) is 5. The molecule has 1 aromatic carbocycles. The van der Waals surface area contributed by atoms with Crippen molar-refractivity contribution < 1.29 is 19.1 Å². The van der Waals surface area contributed by atoms with E-state index in [2.05, 4.69) is 5.32 Å². The molecule has 1 N–H and O–H groups in total. The van der Waals surface area contributed by atoms with Gasteiger partial charge in [0.15, 0.2) is 0 Å². The highest BCUT2D eigenvalue weighted by Gasteiger charge is 2.20. The van der Waals surface area contributed by atoms with E-state index < -0.39 is 11.6 Å². The molecule has 5 heteroatoms. The smallest absolute Gasteiger partial charge is 0.340 e. The second-order valence-corrected chi connectivity index (χ2v) is 5.62. The van der Waals surface area contributed by atoms with E-state index in [-0.39, 0.29) is 12.5 Å². The second kappa shape index (κ2) is 7.67. The van der Waals surface area contributed by atoms with Crippen molar-refractivity contribution >= 4 is 17.6 Å². The number of ether oxygens (including phenoxy) is 2. The number of benzene rings is 1. The van der Waals surface area contributed by atoms with Crippen molar-refractivity contribution in [1.82, 2.24) is 0 Å².